The average Bonchev–Trinajstić information content (AvgIpc) is 2.03. The second-order valence-electron chi connectivity index (χ2n) is 4.72. The lowest BCUT2D eigenvalue weighted by Crippen LogP contribution is -2.41. The molecule has 0 bridgehead atoms. The molecule has 0 saturated heterocycles. The number of hydrogen-bond acceptors (Lipinski definition) is 3. The van der Waals surface area contributed by atoms with Crippen molar-refractivity contribution in [3.63, 3.8) is 0 Å². The van der Waals surface area contributed by atoms with Gasteiger partial charge in [0.1, 0.15) is 0 Å². The first-order valence-corrected chi connectivity index (χ1v) is 4.97. The van der Waals surface area contributed by atoms with Gasteiger partial charge in [-0.2, -0.15) is 0 Å². The molecule has 4 N–H and O–H groups in total. The van der Waals surface area contributed by atoms with Crippen molar-refractivity contribution in [3.8, 4) is 0 Å². The van der Waals surface area contributed by atoms with Crippen LogP contribution < -0.4 is 11.1 Å². The molecule has 0 radical (unpaired) electrons. The zero-order chi connectivity index (χ0) is 10.5. The summed E-state index contributed by atoms with van der Waals surface area (Å²) < 4.78 is 0. The van der Waals surface area contributed by atoms with Crippen LogP contribution in [0.5, 0.6) is 0 Å². The van der Waals surface area contributed by atoms with Crippen molar-refractivity contribution in [2.24, 2.45) is 17.1 Å². The Morgan fingerprint density at radius 1 is 1.38 bits per heavy atom. The Hall–Kier alpha value is -0.120. The Morgan fingerprint density at radius 2 is 1.92 bits per heavy atom. The molecule has 0 aromatic carbocycles. The van der Waals surface area contributed by atoms with E-state index >= 15 is 0 Å². The smallest absolute Gasteiger partial charge is 0.0594 e. The standard InChI is InChI=1S/C10H24N2O/c1-8(2)10(3,4)7-12-5-9(11)6-13/h8-9,12-13H,5-7,11H2,1-4H3. The Balaban J connectivity index is 3.63. The highest BCUT2D eigenvalue weighted by Crippen LogP contribution is 2.24. The largest absolute Gasteiger partial charge is 0.395 e. The summed E-state index contributed by atoms with van der Waals surface area (Å²) in [5.74, 6) is 0.644. The predicted octanol–water partition coefficient (Wildman–Crippen LogP) is 0.578. The van der Waals surface area contributed by atoms with Gasteiger partial charge in [-0.05, 0) is 11.3 Å². The summed E-state index contributed by atoms with van der Waals surface area (Å²) in [4.78, 5) is 0. The van der Waals surface area contributed by atoms with Crippen LogP contribution in [0, 0.1) is 11.3 Å². The third-order valence-electron chi connectivity index (χ3n) is 2.78. The lowest BCUT2D eigenvalue weighted by molar-refractivity contribution is 0.223. The van der Waals surface area contributed by atoms with Crippen LogP contribution in [0.25, 0.3) is 0 Å². The van der Waals surface area contributed by atoms with E-state index in [-0.39, 0.29) is 18.1 Å². The molecule has 80 valence electrons. The van der Waals surface area contributed by atoms with Gasteiger partial charge in [0.25, 0.3) is 0 Å². The highest BCUT2D eigenvalue weighted by atomic mass is 16.3. The van der Waals surface area contributed by atoms with Crippen LogP contribution in [-0.2, 0) is 0 Å². The van der Waals surface area contributed by atoms with Crippen LogP contribution >= 0.6 is 0 Å². The van der Waals surface area contributed by atoms with Gasteiger partial charge in [0.15, 0.2) is 0 Å². The number of aliphatic hydroxyl groups is 1. The average molecular weight is 188 g/mol. The Labute approximate surface area is 81.7 Å². The molecule has 0 fully saturated rings. The van der Waals surface area contributed by atoms with Gasteiger partial charge in [-0.3, -0.25) is 0 Å². The first-order chi connectivity index (χ1) is 5.90. The van der Waals surface area contributed by atoms with Crippen molar-refractivity contribution in [1.82, 2.24) is 5.32 Å². The molecule has 0 aliphatic rings. The Morgan fingerprint density at radius 3 is 2.31 bits per heavy atom. The SMILES string of the molecule is CC(C)C(C)(C)CNCC(N)CO. The van der Waals surface area contributed by atoms with Crippen LogP contribution in [0.15, 0.2) is 0 Å². The zero-order valence-corrected chi connectivity index (χ0v) is 9.30. The maximum atomic E-state index is 8.71. The van der Waals surface area contributed by atoms with Crippen molar-refractivity contribution < 1.29 is 5.11 Å². The fourth-order valence-electron chi connectivity index (χ4n) is 0.848. The topological polar surface area (TPSA) is 58.3 Å². The summed E-state index contributed by atoms with van der Waals surface area (Å²) >= 11 is 0. The lowest BCUT2D eigenvalue weighted by Gasteiger charge is -2.30. The molecule has 1 atom stereocenters. The summed E-state index contributed by atoms with van der Waals surface area (Å²) in [6.07, 6.45) is 0. The molecule has 0 saturated carbocycles. The van der Waals surface area contributed by atoms with Gasteiger partial charge < -0.3 is 16.2 Å². The molecular weight excluding hydrogens is 164 g/mol. The minimum absolute atomic E-state index is 0.0507. The molecule has 0 rings (SSSR count). The van der Waals surface area contributed by atoms with Gasteiger partial charge in [0, 0.05) is 19.1 Å². The molecule has 0 aliphatic carbocycles. The molecule has 3 nitrogen and oxygen atoms in total. The van der Waals surface area contributed by atoms with Crippen molar-refractivity contribution in [3.05, 3.63) is 0 Å². The van der Waals surface area contributed by atoms with E-state index < -0.39 is 0 Å². The Kier molecular flexibility index (Phi) is 5.53. The van der Waals surface area contributed by atoms with E-state index in [9.17, 15) is 0 Å². The first-order valence-electron chi connectivity index (χ1n) is 4.97. The van der Waals surface area contributed by atoms with Gasteiger partial charge in [-0.1, -0.05) is 27.7 Å². The Bertz CT molecular complexity index is 135. The van der Waals surface area contributed by atoms with E-state index in [1.807, 2.05) is 0 Å². The summed E-state index contributed by atoms with van der Waals surface area (Å²) in [5, 5.41) is 12.0. The molecule has 0 aromatic heterocycles. The maximum Gasteiger partial charge on any atom is 0.0594 e. The van der Waals surface area contributed by atoms with Crippen molar-refractivity contribution >= 4 is 0 Å². The number of nitrogens with one attached hydrogen (secondary N) is 1. The molecule has 3 heteroatoms. The van der Waals surface area contributed by atoms with Crippen LogP contribution in [0.4, 0.5) is 0 Å². The fraction of sp³-hybridized carbons (Fsp3) is 1.00. The number of rotatable bonds is 6. The van der Waals surface area contributed by atoms with Crippen LogP contribution in [0.3, 0.4) is 0 Å². The maximum absolute atomic E-state index is 8.71. The van der Waals surface area contributed by atoms with E-state index in [4.69, 9.17) is 10.8 Å². The molecule has 0 spiro atoms. The summed E-state index contributed by atoms with van der Waals surface area (Å²) in [6, 6.07) is -0.136. The van der Waals surface area contributed by atoms with E-state index in [0.29, 0.717) is 12.5 Å². The van der Waals surface area contributed by atoms with Crippen molar-refractivity contribution in [1.29, 1.82) is 0 Å². The molecule has 0 amide bonds. The molecule has 0 aliphatic heterocycles. The van der Waals surface area contributed by atoms with Gasteiger partial charge in [-0.15, -0.1) is 0 Å². The quantitative estimate of drug-likeness (QED) is 0.571. The summed E-state index contributed by atoms with van der Waals surface area (Å²) in [6.45, 7) is 10.6. The minimum atomic E-state index is -0.136. The normalized spacial score (nSPS) is 15.0. The van der Waals surface area contributed by atoms with E-state index in [1.165, 1.54) is 0 Å². The van der Waals surface area contributed by atoms with Crippen LogP contribution in [0.2, 0.25) is 0 Å². The first kappa shape index (κ1) is 12.9. The van der Waals surface area contributed by atoms with Crippen LogP contribution in [-0.4, -0.2) is 30.8 Å². The molecule has 0 aromatic rings. The molecular formula is C10H24N2O. The molecule has 13 heavy (non-hydrogen) atoms. The van der Waals surface area contributed by atoms with Crippen molar-refractivity contribution in [2.45, 2.75) is 33.7 Å². The summed E-state index contributed by atoms with van der Waals surface area (Å²) in [5.41, 5.74) is 5.85. The van der Waals surface area contributed by atoms with Gasteiger partial charge in [0.05, 0.1) is 6.61 Å². The van der Waals surface area contributed by atoms with E-state index in [0.717, 1.165) is 6.54 Å². The molecule has 0 heterocycles. The summed E-state index contributed by atoms with van der Waals surface area (Å²) in [7, 11) is 0. The van der Waals surface area contributed by atoms with Gasteiger partial charge >= 0.3 is 0 Å². The zero-order valence-electron chi connectivity index (χ0n) is 9.30. The monoisotopic (exact) mass is 188 g/mol. The third-order valence-corrected chi connectivity index (χ3v) is 2.78. The second kappa shape index (κ2) is 5.58. The van der Waals surface area contributed by atoms with E-state index in [1.54, 1.807) is 0 Å². The number of nitrogens with two attached hydrogens (primary N) is 1. The highest BCUT2D eigenvalue weighted by Gasteiger charge is 2.21. The highest BCUT2D eigenvalue weighted by molar-refractivity contribution is 4.76. The lowest BCUT2D eigenvalue weighted by atomic mass is 9.81. The van der Waals surface area contributed by atoms with Gasteiger partial charge in [-0.25, -0.2) is 0 Å². The predicted molar refractivity (Wildman–Crippen MR) is 56.5 cm³/mol. The third kappa shape index (κ3) is 5.24. The number of aliphatic hydroxyl groups excluding tert-OH is 1. The minimum Gasteiger partial charge on any atom is -0.395 e. The number of hydrogen-bond donors (Lipinski definition) is 3. The van der Waals surface area contributed by atoms with E-state index in [2.05, 4.69) is 33.0 Å². The van der Waals surface area contributed by atoms with Crippen molar-refractivity contribution in [2.75, 3.05) is 19.7 Å². The van der Waals surface area contributed by atoms with Gasteiger partial charge in [0.2, 0.25) is 0 Å². The molecule has 1 unspecified atom stereocenters. The fourth-order valence-corrected chi connectivity index (χ4v) is 0.848. The van der Waals surface area contributed by atoms with Crippen LogP contribution in [0.1, 0.15) is 27.7 Å². The second-order valence-corrected chi connectivity index (χ2v) is 4.72.